The molecule has 0 aromatic heterocycles. The summed E-state index contributed by atoms with van der Waals surface area (Å²) in [4.78, 5) is 12.6. The summed E-state index contributed by atoms with van der Waals surface area (Å²) in [5.74, 6) is 1.43. The number of benzene rings is 2. The Hall–Kier alpha value is -3.57. The minimum atomic E-state index is -0.544. The van der Waals surface area contributed by atoms with Gasteiger partial charge in [0.05, 0.1) is 45.2 Å². The Labute approximate surface area is 186 Å². The van der Waals surface area contributed by atoms with Gasteiger partial charge in [-0.3, -0.25) is 4.79 Å². The van der Waals surface area contributed by atoms with Crippen LogP contribution in [0.1, 0.15) is 18.5 Å². The van der Waals surface area contributed by atoms with Crippen LogP contribution in [0.25, 0.3) is 0 Å². The first-order valence-electron chi connectivity index (χ1n) is 9.19. The third kappa shape index (κ3) is 5.74. The standard InChI is InChI=1S/C22H24ClN3O5/c1-13(14-6-7-18(28-2)21(8-14)31-5)26-22(27)15(11-24)12-25-17-10-19(29-3)16(23)9-20(17)30-4/h6-10,12-13,25H,1-5H3,(H,26,27)/b15-12-. The van der Waals surface area contributed by atoms with E-state index in [1.807, 2.05) is 12.1 Å². The first kappa shape index (κ1) is 23.7. The number of nitrogens with zero attached hydrogens (tertiary/aromatic N) is 1. The van der Waals surface area contributed by atoms with Crippen LogP contribution in [0.4, 0.5) is 5.69 Å². The molecule has 0 radical (unpaired) electrons. The van der Waals surface area contributed by atoms with Gasteiger partial charge in [0, 0.05) is 18.3 Å². The van der Waals surface area contributed by atoms with Crippen LogP contribution in [0.2, 0.25) is 5.02 Å². The van der Waals surface area contributed by atoms with E-state index in [9.17, 15) is 10.1 Å². The molecule has 164 valence electrons. The van der Waals surface area contributed by atoms with Crippen LogP contribution in [0, 0.1) is 11.3 Å². The average molecular weight is 446 g/mol. The highest BCUT2D eigenvalue weighted by atomic mass is 35.5. The van der Waals surface area contributed by atoms with Gasteiger partial charge in [-0.25, -0.2) is 0 Å². The van der Waals surface area contributed by atoms with E-state index in [0.29, 0.717) is 33.7 Å². The van der Waals surface area contributed by atoms with Crippen molar-refractivity contribution in [3.05, 3.63) is 52.7 Å². The summed E-state index contributed by atoms with van der Waals surface area (Å²) in [6, 6.07) is 10.0. The molecule has 0 saturated carbocycles. The normalized spacial score (nSPS) is 11.7. The molecule has 1 unspecified atom stereocenters. The van der Waals surface area contributed by atoms with Crippen LogP contribution in [0.3, 0.4) is 0 Å². The molecule has 0 fully saturated rings. The average Bonchev–Trinajstić information content (AvgIpc) is 2.79. The van der Waals surface area contributed by atoms with Gasteiger partial charge in [0.2, 0.25) is 0 Å². The van der Waals surface area contributed by atoms with Crippen molar-refractivity contribution >= 4 is 23.2 Å². The van der Waals surface area contributed by atoms with Crippen LogP contribution >= 0.6 is 11.6 Å². The Bertz CT molecular complexity index is 1020. The number of carbonyl (C=O) groups is 1. The van der Waals surface area contributed by atoms with Crippen molar-refractivity contribution in [2.45, 2.75) is 13.0 Å². The second-order valence-electron chi connectivity index (χ2n) is 6.31. The molecule has 31 heavy (non-hydrogen) atoms. The summed E-state index contributed by atoms with van der Waals surface area (Å²) in [6.07, 6.45) is 1.29. The van der Waals surface area contributed by atoms with E-state index in [2.05, 4.69) is 10.6 Å². The lowest BCUT2D eigenvalue weighted by Crippen LogP contribution is -2.28. The van der Waals surface area contributed by atoms with Crippen molar-refractivity contribution < 1.29 is 23.7 Å². The summed E-state index contributed by atoms with van der Waals surface area (Å²) < 4.78 is 21.0. The maximum absolute atomic E-state index is 12.6. The molecular weight excluding hydrogens is 422 g/mol. The van der Waals surface area contributed by atoms with Gasteiger partial charge in [-0.1, -0.05) is 17.7 Å². The maximum Gasteiger partial charge on any atom is 0.263 e. The van der Waals surface area contributed by atoms with E-state index >= 15 is 0 Å². The second kappa shape index (κ2) is 11.0. The van der Waals surface area contributed by atoms with E-state index in [-0.39, 0.29) is 11.6 Å². The SMILES string of the molecule is COc1cc(N/C=C(/C#N)C(=O)NC(C)c2ccc(OC)c(OC)c2)c(OC)cc1Cl. The summed E-state index contributed by atoms with van der Waals surface area (Å²) in [5, 5.41) is 15.5. The van der Waals surface area contributed by atoms with E-state index in [1.165, 1.54) is 27.5 Å². The van der Waals surface area contributed by atoms with Gasteiger partial charge in [0.15, 0.2) is 11.5 Å². The first-order chi connectivity index (χ1) is 14.9. The monoisotopic (exact) mass is 445 g/mol. The predicted octanol–water partition coefficient (Wildman–Crippen LogP) is 4.07. The minimum Gasteiger partial charge on any atom is -0.495 e. The molecule has 1 atom stereocenters. The molecule has 2 aromatic carbocycles. The van der Waals surface area contributed by atoms with Gasteiger partial charge in [0.1, 0.15) is 23.1 Å². The molecule has 2 rings (SSSR count). The van der Waals surface area contributed by atoms with Crippen LogP contribution in [0.5, 0.6) is 23.0 Å². The maximum atomic E-state index is 12.6. The molecular formula is C22H24ClN3O5. The van der Waals surface area contributed by atoms with Crippen LogP contribution in [0.15, 0.2) is 42.1 Å². The zero-order valence-corrected chi connectivity index (χ0v) is 18.7. The van der Waals surface area contributed by atoms with Crippen LogP contribution < -0.4 is 29.6 Å². The molecule has 0 saturated heterocycles. The van der Waals surface area contributed by atoms with Crippen molar-refractivity contribution in [1.29, 1.82) is 5.26 Å². The lowest BCUT2D eigenvalue weighted by Gasteiger charge is -2.16. The molecule has 0 bridgehead atoms. The Kier molecular flexibility index (Phi) is 8.41. The molecule has 0 heterocycles. The van der Waals surface area contributed by atoms with E-state index in [0.717, 1.165) is 5.56 Å². The summed E-state index contributed by atoms with van der Waals surface area (Å²) >= 11 is 6.10. The quantitative estimate of drug-likeness (QED) is 0.443. The number of nitrogens with one attached hydrogen (secondary N) is 2. The lowest BCUT2D eigenvalue weighted by molar-refractivity contribution is -0.117. The predicted molar refractivity (Wildman–Crippen MR) is 118 cm³/mol. The number of halogens is 1. The largest absolute Gasteiger partial charge is 0.495 e. The topological polar surface area (TPSA) is 102 Å². The fourth-order valence-electron chi connectivity index (χ4n) is 2.75. The van der Waals surface area contributed by atoms with Gasteiger partial charge in [-0.15, -0.1) is 0 Å². The molecule has 2 aromatic rings. The van der Waals surface area contributed by atoms with Gasteiger partial charge in [-0.2, -0.15) is 5.26 Å². The molecule has 9 heteroatoms. The van der Waals surface area contributed by atoms with Crippen molar-refractivity contribution in [3.63, 3.8) is 0 Å². The second-order valence-corrected chi connectivity index (χ2v) is 6.72. The third-order valence-electron chi connectivity index (χ3n) is 4.47. The first-order valence-corrected chi connectivity index (χ1v) is 9.57. The zero-order chi connectivity index (χ0) is 23.0. The number of hydrogen-bond donors (Lipinski definition) is 2. The highest BCUT2D eigenvalue weighted by Crippen LogP contribution is 2.36. The molecule has 0 spiro atoms. The van der Waals surface area contributed by atoms with Crippen molar-refractivity contribution in [1.82, 2.24) is 5.32 Å². The number of carbonyl (C=O) groups excluding carboxylic acids is 1. The molecule has 0 aliphatic carbocycles. The molecule has 1 amide bonds. The fraction of sp³-hybridized carbons (Fsp3) is 0.273. The van der Waals surface area contributed by atoms with E-state index < -0.39 is 5.91 Å². The third-order valence-corrected chi connectivity index (χ3v) is 4.76. The van der Waals surface area contributed by atoms with E-state index in [1.54, 1.807) is 38.3 Å². The summed E-state index contributed by atoms with van der Waals surface area (Å²) in [7, 11) is 6.05. The highest BCUT2D eigenvalue weighted by Gasteiger charge is 2.16. The van der Waals surface area contributed by atoms with Crippen molar-refractivity contribution in [2.24, 2.45) is 0 Å². The van der Waals surface area contributed by atoms with Crippen molar-refractivity contribution in [2.75, 3.05) is 33.8 Å². The van der Waals surface area contributed by atoms with Crippen LogP contribution in [-0.2, 0) is 4.79 Å². The number of anilines is 1. The molecule has 2 N–H and O–H groups in total. The van der Waals surface area contributed by atoms with E-state index in [4.69, 9.17) is 30.5 Å². The highest BCUT2D eigenvalue weighted by molar-refractivity contribution is 6.32. The Morgan fingerprint density at radius 1 is 1.00 bits per heavy atom. The zero-order valence-electron chi connectivity index (χ0n) is 17.9. The number of hydrogen-bond acceptors (Lipinski definition) is 7. The fourth-order valence-corrected chi connectivity index (χ4v) is 2.98. The number of nitriles is 1. The lowest BCUT2D eigenvalue weighted by atomic mass is 10.1. The van der Waals surface area contributed by atoms with Crippen molar-refractivity contribution in [3.8, 4) is 29.1 Å². The van der Waals surface area contributed by atoms with Gasteiger partial charge >= 0.3 is 0 Å². The Balaban J connectivity index is 2.19. The Morgan fingerprint density at radius 3 is 2.23 bits per heavy atom. The number of methoxy groups -OCH3 is 4. The number of ether oxygens (including phenoxy) is 4. The summed E-state index contributed by atoms with van der Waals surface area (Å²) in [6.45, 7) is 1.80. The molecule has 8 nitrogen and oxygen atoms in total. The summed E-state index contributed by atoms with van der Waals surface area (Å²) in [5.41, 5.74) is 1.15. The smallest absolute Gasteiger partial charge is 0.263 e. The Morgan fingerprint density at radius 2 is 1.65 bits per heavy atom. The minimum absolute atomic E-state index is 0.122. The number of amides is 1. The van der Waals surface area contributed by atoms with Crippen LogP contribution in [-0.4, -0.2) is 34.3 Å². The van der Waals surface area contributed by atoms with Gasteiger partial charge < -0.3 is 29.6 Å². The molecule has 0 aliphatic rings. The van der Waals surface area contributed by atoms with Gasteiger partial charge in [0.25, 0.3) is 5.91 Å². The van der Waals surface area contributed by atoms with Gasteiger partial charge in [-0.05, 0) is 24.6 Å². The number of rotatable bonds is 9. The molecule has 0 aliphatic heterocycles.